The van der Waals surface area contributed by atoms with Crippen molar-refractivity contribution >= 4 is 17.6 Å². The lowest BCUT2D eigenvalue weighted by molar-refractivity contribution is -0.136. The van der Waals surface area contributed by atoms with Gasteiger partial charge in [-0.2, -0.15) is 0 Å². The average molecular weight is 509 g/mol. The zero-order valence-corrected chi connectivity index (χ0v) is 21.6. The number of nitrogens with zero attached hydrogens (tertiary/aromatic N) is 1. The van der Waals surface area contributed by atoms with E-state index in [1.807, 2.05) is 30.3 Å². The van der Waals surface area contributed by atoms with Crippen molar-refractivity contribution in [3.63, 3.8) is 0 Å². The molecule has 3 aromatic rings. The van der Waals surface area contributed by atoms with Crippen molar-refractivity contribution in [2.75, 3.05) is 25.6 Å². The van der Waals surface area contributed by atoms with Gasteiger partial charge in [0.25, 0.3) is 0 Å². The van der Waals surface area contributed by atoms with Crippen LogP contribution < -0.4 is 5.32 Å². The number of nitrogens with one attached hydrogen (secondary N) is 1. The number of para-hydroxylation sites is 1. The van der Waals surface area contributed by atoms with E-state index in [-0.39, 0.29) is 29.3 Å². The van der Waals surface area contributed by atoms with Gasteiger partial charge in [0.15, 0.2) is 0 Å². The van der Waals surface area contributed by atoms with E-state index in [1.165, 1.54) is 18.2 Å². The number of ether oxygens (including phenoxy) is 2. The van der Waals surface area contributed by atoms with Gasteiger partial charge in [-0.3, -0.25) is 4.90 Å². The van der Waals surface area contributed by atoms with Crippen LogP contribution in [0.25, 0.3) is 0 Å². The Morgan fingerprint density at radius 2 is 1.66 bits per heavy atom. The van der Waals surface area contributed by atoms with Gasteiger partial charge in [0.05, 0.1) is 30.3 Å². The fourth-order valence-electron chi connectivity index (χ4n) is 6.89. The lowest BCUT2D eigenvalue weighted by Gasteiger charge is -2.46. The fourth-order valence-corrected chi connectivity index (χ4v) is 6.89. The molecule has 194 valence electrons. The molecular formula is C32H32N2O4. The maximum Gasteiger partial charge on any atom is 0.338 e. The number of rotatable bonds is 7. The maximum absolute atomic E-state index is 13.1. The van der Waals surface area contributed by atoms with Crippen LogP contribution in [0.5, 0.6) is 0 Å². The van der Waals surface area contributed by atoms with Gasteiger partial charge < -0.3 is 14.8 Å². The van der Waals surface area contributed by atoms with Gasteiger partial charge in [-0.15, -0.1) is 0 Å². The fraction of sp³-hybridized carbons (Fsp3) is 0.312. The third-order valence-corrected chi connectivity index (χ3v) is 8.41. The Bertz CT molecular complexity index is 1370. The lowest BCUT2D eigenvalue weighted by atomic mass is 9.62. The highest BCUT2D eigenvalue weighted by molar-refractivity contribution is 5.93. The number of methoxy groups -OCH3 is 1. The van der Waals surface area contributed by atoms with E-state index in [9.17, 15) is 9.59 Å². The average Bonchev–Trinajstić information content (AvgIpc) is 3.51. The van der Waals surface area contributed by atoms with Crippen molar-refractivity contribution in [1.82, 2.24) is 4.90 Å². The van der Waals surface area contributed by atoms with Crippen molar-refractivity contribution in [3.05, 3.63) is 113 Å². The molecule has 1 aliphatic carbocycles. The molecule has 1 N–H and O–H groups in total. The molecule has 1 fully saturated rings. The molecule has 0 amide bonds. The van der Waals surface area contributed by atoms with Crippen molar-refractivity contribution in [2.45, 2.75) is 37.3 Å². The van der Waals surface area contributed by atoms with Gasteiger partial charge in [-0.1, -0.05) is 66.7 Å². The van der Waals surface area contributed by atoms with Crippen molar-refractivity contribution in [2.24, 2.45) is 5.92 Å². The third-order valence-electron chi connectivity index (χ3n) is 8.41. The third kappa shape index (κ3) is 4.09. The predicted molar refractivity (Wildman–Crippen MR) is 145 cm³/mol. The van der Waals surface area contributed by atoms with E-state index in [0.717, 1.165) is 30.9 Å². The summed E-state index contributed by atoms with van der Waals surface area (Å²) in [7, 11) is 1.45. The van der Waals surface area contributed by atoms with Crippen LogP contribution in [0.15, 0.2) is 96.2 Å². The van der Waals surface area contributed by atoms with E-state index in [4.69, 9.17) is 9.47 Å². The quantitative estimate of drug-likeness (QED) is 0.436. The summed E-state index contributed by atoms with van der Waals surface area (Å²) in [6.07, 6.45) is 2.14. The second-order valence-electron chi connectivity index (χ2n) is 10.4. The molecule has 0 radical (unpaired) electrons. The van der Waals surface area contributed by atoms with Crippen molar-refractivity contribution in [3.8, 4) is 0 Å². The Labute approximate surface area is 223 Å². The molecule has 6 heteroatoms. The van der Waals surface area contributed by atoms with Crippen LogP contribution in [-0.2, 0) is 26.2 Å². The molecule has 6 rings (SSSR count). The number of carbonyl (C=O) groups excluding carboxylic acids is 2. The molecule has 2 aliphatic heterocycles. The van der Waals surface area contributed by atoms with Gasteiger partial charge in [-0.25, -0.2) is 9.59 Å². The minimum absolute atomic E-state index is 0.107. The molecule has 3 aromatic carbocycles. The number of carbonyl (C=O) groups is 2. The molecule has 38 heavy (non-hydrogen) atoms. The summed E-state index contributed by atoms with van der Waals surface area (Å²) in [6, 6.07) is 28.2. The molecule has 0 unspecified atom stereocenters. The van der Waals surface area contributed by atoms with Crippen LogP contribution in [0.4, 0.5) is 5.69 Å². The first-order valence-corrected chi connectivity index (χ1v) is 13.3. The van der Waals surface area contributed by atoms with Crippen LogP contribution in [0, 0.1) is 5.92 Å². The van der Waals surface area contributed by atoms with Gasteiger partial charge in [-0.05, 0) is 54.5 Å². The summed E-state index contributed by atoms with van der Waals surface area (Å²) in [5.41, 5.74) is 5.48. The number of anilines is 1. The minimum Gasteiger partial charge on any atom is -0.466 e. The highest BCUT2D eigenvalue weighted by atomic mass is 16.5. The summed E-state index contributed by atoms with van der Waals surface area (Å²) in [5, 5.41) is 3.63. The van der Waals surface area contributed by atoms with E-state index in [2.05, 4.69) is 52.7 Å². The number of hydrogen-bond donors (Lipinski definition) is 1. The first-order chi connectivity index (χ1) is 18.6. The first kappa shape index (κ1) is 24.4. The Morgan fingerprint density at radius 3 is 2.42 bits per heavy atom. The van der Waals surface area contributed by atoms with E-state index >= 15 is 0 Å². The Kier molecular flexibility index (Phi) is 6.50. The van der Waals surface area contributed by atoms with Gasteiger partial charge >= 0.3 is 11.9 Å². The first-order valence-electron chi connectivity index (χ1n) is 13.3. The number of hydrogen-bond acceptors (Lipinski definition) is 6. The van der Waals surface area contributed by atoms with Gasteiger partial charge in [0.2, 0.25) is 0 Å². The highest BCUT2D eigenvalue weighted by Crippen LogP contribution is 2.59. The molecule has 0 aromatic heterocycles. The summed E-state index contributed by atoms with van der Waals surface area (Å²) >= 11 is 0. The monoisotopic (exact) mass is 508 g/mol. The van der Waals surface area contributed by atoms with E-state index in [1.54, 1.807) is 12.1 Å². The summed E-state index contributed by atoms with van der Waals surface area (Å²) < 4.78 is 11.0. The lowest BCUT2D eigenvalue weighted by Crippen LogP contribution is -2.51. The van der Waals surface area contributed by atoms with Crippen molar-refractivity contribution < 1.29 is 19.1 Å². The molecule has 3 aliphatic rings. The number of esters is 2. The van der Waals surface area contributed by atoms with Crippen LogP contribution in [0.2, 0.25) is 0 Å². The van der Waals surface area contributed by atoms with Gasteiger partial charge in [0, 0.05) is 30.5 Å². The van der Waals surface area contributed by atoms with Crippen LogP contribution in [-0.4, -0.2) is 43.1 Å². The largest absolute Gasteiger partial charge is 0.466 e. The molecule has 0 saturated carbocycles. The molecular weight excluding hydrogens is 476 g/mol. The number of fused-ring (bicyclic) bond motifs is 1. The summed E-state index contributed by atoms with van der Waals surface area (Å²) in [4.78, 5) is 28.3. The second-order valence-corrected chi connectivity index (χ2v) is 10.4. The Hall–Kier alpha value is -3.90. The molecule has 1 spiro atoms. The maximum atomic E-state index is 13.1. The molecule has 3 atom stereocenters. The van der Waals surface area contributed by atoms with E-state index < -0.39 is 0 Å². The molecule has 0 bridgehead atoms. The Morgan fingerprint density at radius 1 is 0.947 bits per heavy atom. The van der Waals surface area contributed by atoms with E-state index in [0.29, 0.717) is 30.6 Å². The number of likely N-dealkylation sites (tertiary alicyclic amines) is 1. The molecule has 6 nitrogen and oxygen atoms in total. The predicted octanol–water partition coefficient (Wildman–Crippen LogP) is 5.32. The smallest absolute Gasteiger partial charge is 0.338 e. The zero-order valence-electron chi connectivity index (χ0n) is 21.6. The highest BCUT2D eigenvalue weighted by Gasteiger charge is 2.60. The van der Waals surface area contributed by atoms with Crippen molar-refractivity contribution in [1.29, 1.82) is 0 Å². The van der Waals surface area contributed by atoms with Crippen LogP contribution in [0.1, 0.15) is 40.7 Å². The molecule has 2 heterocycles. The second kappa shape index (κ2) is 10.1. The topological polar surface area (TPSA) is 67.9 Å². The number of benzene rings is 3. The van der Waals surface area contributed by atoms with Crippen LogP contribution in [0.3, 0.4) is 0 Å². The zero-order chi connectivity index (χ0) is 26.1. The summed E-state index contributed by atoms with van der Waals surface area (Å²) in [5.74, 6) is -0.498. The summed E-state index contributed by atoms with van der Waals surface area (Å²) in [6.45, 7) is 2.04. The normalized spacial score (nSPS) is 23.7. The van der Waals surface area contributed by atoms with Gasteiger partial charge in [0.1, 0.15) is 0 Å². The SMILES string of the molecule is COC(=O)C1=C2Nc3ccccc3[C@@]23CCN(Cc2ccccc2)[C@H]3[C@H](CCOC(=O)c2ccccc2)C1. The Balaban J connectivity index is 1.36. The molecule has 1 saturated heterocycles. The standard InChI is InChI=1S/C32H32N2O4/c1-37-31(36)25-20-24(16-19-38-30(35)23-12-6-3-7-13-23)29-32(26-14-8-9-15-27(26)33-28(25)32)17-18-34(29)21-22-10-4-2-5-11-22/h2-15,24,29,33H,16-21H2,1H3/t24-,29+,32+/m1/s1. The minimum atomic E-state index is -0.332. The van der Waals surface area contributed by atoms with Crippen LogP contribution >= 0.6 is 0 Å².